The molecule has 2 heterocycles. The highest BCUT2D eigenvalue weighted by Gasteiger charge is 2.62. The summed E-state index contributed by atoms with van der Waals surface area (Å²) >= 11 is 0. The van der Waals surface area contributed by atoms with Gasteiger partial charge in [-0.2, -0.15) is 0 Å². The molecule has 280 valence electrons. The second-order valence-corrected chi connectivity index (χ2v) is 18.0. The number of carbonyl (C=O) groups excluding carboxylic acids is 3. The van der Waals surface area contributed by atoms with Crippen molar-refractivity contribution in [3.05, 3.63) is 77.6 Å². The van der Waals surface area contributed by atoms with Gasteiger partial charge in [0.15, 0.2) is 0 Å². The third-order valence-electron chi connectivity index (χ3n) is 11.0. The number of sulfonamides is 1. The molecule has 3 fully saturated rings. The van der Waals surface area contributed by atoms with E-state index < -0.39 is 80.4 Å². The summed E-state index contributed by atoms with van der Waals surface area (Å²) in [6, 6.07) is 9.46. The van der Waals surface area contributed by atoms with Gasteiger partial charge in [0.2, 0.25) is 21.8 Å². The van der Waals surface area contributed by atoms with E-state index in [0.717, 1.165) is 10.5 Å². The number of hydrogen-bond acceptors (Lipinski definition) is 7. The van der Waals surface area contributed by atoms with Crippen LogP contribution in [0.1, 0.15) is 83.0 Å². The van der Waals surface area contributed by atoms with Crippen LogP contribution in [0.4, 0.5) is 14.9 Å². The number of hydrogen-bond donors (Lipinski definition) is 4. The summed E-state index contributed by atoms with van der Waals surface area (Å²) in [7, 11) is -3.92. The summed E-state index contributed by atoms with van der Waals surface area (Å²) in [6.07, 6.45) is 1.26. The average Bonchev–Trinajstić information content (AvgIpc) is 3.97. The molecule has 6 atom stereocenters. The number of fused-ring (bicyclic) bond motifs is 1. The molecule has 4 N–H and O–H groups in total. The number of carboxylic acid groups (broad SMARTS) is 1. The van der Waals surface area contributed by atoms with Crippen molar-refractivity contribution in [2.75, 3.05) is 11.9 Å². The molecule has 0 spiro atoms. The van der Waals surface area contributed by atoms with Crippen molar-refractivity contribution in [1.29, 1.82) is 0 Å². The lowest BCUT2D eigenvalue weighted by atomic mass is 9.87. The highest BCUT2D eigenvalue weighted by atomic mass is 32.2. The van der Waals surface area contributed by atoms with E-state index in [4.69, 9.17) is 0 Å². The van der Waals surface area contributed by atoms with Gasteiger partial charge < -0.3 is 20.6 Å². The molecular formula is C38H48FN5O7S. The van der Waals surface area contributed by atoms with E-state index in [-0.39, 0.29) is 42.8 Å². The highest BCUT2D eigenvalue weighted by molar-refractivity contribution is 7.91. The van der Waals surface area contributed by atoms with E-state index in [1.807, 2.05) is 38.1 Å². The zero-order valence-corrected chi connectivity index (χ0v) is 31.0. The molecule has 4 aliphatic rings. The van der Waals surface area contributed by atoms with Crippen LogP contribution in [0.3, 0.4) is 0 Å². The zero-order chi connectivity index (χ0) is 37.9. The summed E-state index contributed by atoms with van der Waals surface area (Å²) in [6.45, 7) is 13.6. The lowest BCUT2D eigenvalue weighted by Crippen LogP contribution is -2.58. The SMILES string of the molecule is C=C[C@@H]1C[C@]1(NC(=O)[C@@H]1C[C@@H](C2c3cccc(F)c3CN2C(=O)O)CN1C(=O)[C@@H](Nc1ccc(C(C)(C)C)cc1)C(C)C)C(=O)NS(=O)(=O)C1CC1. The zero-order valence-electron chi connectivity index (χ0n) is 30.2. The Balaban J connectivity index is 1.32. The Morgan fingerprint density at radius 3 is 2.29 bits per heavy atom. The largest absolute Gasteiger partial charge is 0.465 e. The predicted molar refractivity (Wildman–Crippen MR) is 193 cm³/mol. The van der Waals surface area contributed by atoms with Crippen LogP contribution in [0.25, 0.3) is 0 Å². The third-order valence-corrected chi connectivity index (χ3v) is 12.8. The number of amides is 4. The highest BCUT2D eigenvalue weighted by Crippen LogP contribution is 2.47. The van der Waals surface area contributed by atoms with Gasteiger partial charge in [0, 0.05) is 29.6 Å². The maximum absolute atomic E-state index is 15.0. The molecule has 1 saturated heterocycles. The average molecular weight is 738 g/mol. The van der Waals surface area contributed by atoms with Gasteiger partial charge >= 0.3 is 6.09 Å². The summed E-state index contributed by atoms with van der Waals surface area (Å²) in [4.78, 5) is 57.6. The Kier molecular flexibility index (Phi) is 9.69. The molecule has 2 aromatic carbocycles. The first-order chi connectivity index (χ1) is 24.4. The lowest BCUT2D eigenvalue weighted by molar-refractivity contribution is -0.140. The van der Waals surface area contributed by atoms with E-state index in [9.17, 15) is 37.1 Å². The first-order valence-corrected chi connectivity index (χ1v) is 19.4. The van der Waals surface area contributed by atoms with Gasteiger partial charge in [0.05, 0.1) is 17.8 Å². The first-order valence-electron chi connectivity index (χ1n) is 17.8. The molecule has 2 saturated carbocycles. The number of carbonyl (C=O) groups is 4. The van der Waals surface area contributed by atoms with E-state index in [0.29, 0.717) is 24.1 Å². The third kappa shape index (κ3) is 7.01. The normalized spacial score (nSPS) is 26.1. The predicted octanol–water partition coefficient (Wildman–Crippen LogP) is 4.68. The van der Waals surface area contributed by atoms with E-state index >= 15 is 0 Å². The second kappa shape index (κ2) is 13.5. The molecule has 2 aromatic rings. The summed E-state index contributed by atoms with van der Waals surface area (Å²) in [5.74, 6) is -3.85. The fourth-order valence-electron chi connectivity index (χ4n) is 7.70. The van der Waals surface area contributed by atoms with Crippen molar-refractivity contribution in [2.24, 2.45) is 17.8 Å². The Hall–Kier alpha value is -4.46. The number of halogens is 1. The minimum Gasteiger partial charge on any atom is -0.465 e. The Labute approximate surface area is 304 Å². The standard InChI is InChI=1S/C38H48FN5O7S/c1-7-23-18-38(23,35(47)42-52(50,51)26-15-16-26)41-33(45)30-17-22(32-27-9-8-10-29(39)28(27)20-44(32)36(48)49)19-43(30)34(46)31(21(2)3)40-25-13-11-24(12-14-25)37(4,5)6/h7-14,21-23,26,30-32,40H,1,15-20H2,2-6H3,(H,41,45)(H,42,47)(H,48,49)/t22-,23-,30+,31+,32?,38-/m1/s1. The van der Waals surface area contributed by atoms with Gasteiger partial charge in [0.1, 0.15) is 23.4 Å². The number of benzene rings is 2. The smallest absolute Gasteiger partial charge is 0.408 e. The monoisotopic (exact) mass is 737 g/mol. The van der Waals surface area contributed by atoms with Gasteiger partial charge in [-0.05, 0) is 66.3 Å². The van der Waals surface area contributed by atoms with Crippen molar-refractivity contribution in [3.8, 4) is 0 Å². The van der Waals surface area contributed by atoms with Crippen molar-refractivity contribution < 1.29 is 37.1 Å². The quantitative estimate of drug-likeness (QED) is 0.242. The van der Waals surface area contributed by atoms with Crippen LogP contribution in [0, 0.1) is 23.6 Å². The number of nitrogens with zero attached hydrogens (tertiary/aromatic N) is 2. The van der Waals surface area contributed by atoms with Crippen molar-refractivity contribution in [3.63, 3.8) is 0 Å². The molecular weight excluding hydrogens is 690 g/mol. The molecule has 6 rings (SSSR count). The Morgan fingerprint density at radius 2 is 1.73 bits per heavy atom. The van der Waals surface area contributed by atoms with Gasteiger partial charge in [0.25, 0.3) is 5.91 Å². The van der Waals surface area contributed by atoms with E-state index in [1.165, 1.54) is 23.1 Å². The molecule has 14 heteroatoms. The minimum absolute atomic E-state index is 0.0178. The second-order valence-electron chi connectivity index (χ2n) is 16.0. The van der Waals surface area contributed by atoms with Crippen molar-refractivity contribution in [2.45, 2.75) is 101 Å². The Morgan fingerprint density at radius 1 is 1.06 bits per heavy atom. The fourth-order valence-corrected chi connectivity index (χ4v) is 9.06. The fraction of sp³-hybridized carbons (Fsp3) is 0.526. The summed E-state index contributed by atoms with van der Waals surface area (Å²) < 4.78 is 42.5. The van der Waals surface area contributed by atoms with Crippen LogP contribution >= 0.6 is 0 Å². The van der Waals surface area contributed by atoms with Gasteiger partial charge in [-0.15, -0.1) is 6.58 Å². The van der Waals surface area contributed by atoms with Crippen molar-refractivity contribution >= 4 is 39.5 Å². The molecule has 0 bridgehead atoms. The van der Waals surface area contributed by atoms with Crippen LogP contribution < -0.4 is 15.4 Å². The van der Waals surface area contributed by atoms with Crippen LogP contribution in [0.2, 0.25) is 0 Å². The van der Waals surface area contributed by atoms with Gasteiger partial charge in [-0.3, -0.25) is 24.0 Å². The molecule has 0 aromatic heterocycles. The van der Waals surface area contributed by atoms with Crippen molar-refractivity contribution in [1.82, 2.24) is 19.8 Å². The molecule has 12 nitrogen and oxygen atoms in total. The number of nitrogens with one attached hydrogen (secondary N) is 3. The lowest BCUT2D eigenvalue weighted by Gasteiger charge is -2.32. The first kappa shape index (κ1) is 37.3. The number of rotatable bonds is 11. The van der Waals surface area contributed by atoms with Crippen LogP contribution in [0.5, 0.6) is 0 Å². The molecule has 52 heavy (non-hydrogen) atoms. The molecule has 0 radical (unpaired) electrons. The van der Waals surface area contributed by atoms with Crippen LogP contribution in [0.15, 0.2) is 55.1 Å². The van der Waals surface area contributed by atoms with Crippen LogP contribution in [-0.4, -0.2) is 76.6 Å². The van der Waals surface area contributed by atoms with E-state index in [2.05, 4.69) is 42.7 Å². The summed E-state index contributed by atoms with van der Waals surface area (Å²) in [5.41, 5.74) is 0.892. The van der Waals surface area contributed by atoms with Gasteiger partial charge in [-0.1, -0.05) is 65.0 Å². The number of anilines is 1. The molecule has 1 unspecified atom stereocenters. The Bertz CT molecular complexity index is 1890. The topological polar surface area (TPSA) is 165 Å². The number of likely N-dealkylation sites (tertiary alicyclic amines) is 1. The maximum atomic E-state index is 15.0. The van der Waals surface area contributed by atoms with Crippen LogP contribution in [-0.2, 0) is 36.4 Å². The maximum Gasteiger partial charge on any atom is 0.408 e. The molecule has 2 aliphatic heterocycles. The molecule has 4 amide bonds. The van der Waals surface area contributed by atoms with E-state index in [1.54, 1.807) is 6.07 Å². The summed E-state index contributed by atoms with van der Waals surface area (Å²) in [5, 5.41) is 15.7. The van der Waals surface area contributed by atoms with Gasteiger partial charge in [-0.25, -0.2) is 17.6 Å². The minimum atomic E-state index is -3.92. The molecule has 2 aliphatic carbocycles.